The Balaban J connectivity index is 1.86. The molecule has 1 N–H and O–H groups in total. The topological polar surface area (TPSA) is 82.1 Å². The SMILES string of the molecule is CC(=O)Oc1ccc([C@@H]2COc3cc(OC(C)=O)cc(C)c3[C@@H]2O)cc1. The highest BCUT2D eigenvalue weighted by atomic mass is 16.5. The molecule has 0 radical (unpaired) electrons. The predicted molar refractivity (Wildman–Crippen MR) is 93.4 cm³/mol. The van der Waals surface area contributed by atoms with Crippen LogP contribution < -0.4 is 14.2 Å². The second-order valence-corrected chi connectivity index (χ2v) is 6.27. The number of hydrogen-bond acceptors (Lipinski definition) is 6. The van der Waals surface area contributed by atoms with E-state index in [0.717, 1.165) is 11.1 Å². The highest BCUT2D eigenvalue weighted by Crippen LogP contribution is 2.44. The third kappa shape index (κ3) is 3.70. The molecular weight excluding hydrogens is 336 g/mol. The molecule has 136 valence electrons. The van der Waals surface area contributed by atoms with Gasteiger partial charge in [-0.1, -0.05) is 12.1 Å². The number of benzene rings is 2. The van der Waals surface area contributed by atoms with Crippen LogP contribution in [0.1, 0.15) is 42.6 Å². The maximum Gasteiger partial charge on any atom is 0.308 e. The summed E-state index contributed by atoms with van der Waals surface area (Å²) in [5.41, 5.74) is 2.34. The van der Waals surface area contributed by atoms with Crippen molar-refractivity contribution in [3.05, 3.63) is 53.1 Å². The summed E-state index contributed by atoms with van der Waals surface area (Å²) in [6, 6.07) is 10.3. The number of carbonyl (C=O) groups is 2. The molecule has 2 aromatic carbocycles. The number of ether oxygens (including phenoxy) is 3. The maximum absolute atomic E-state index is 11.1. The van der Waals surface area contributed by atoms with E-state index in [4.69, 9.17) is 14.2 Å². The van der Waals surface area contributed by atoms with Gasteiger partial charge in [0.05, 0.1) is 12.7 Å². The average molecular weight is 356 g/mol. The highest BCUT2D eigenvalue weighted by molar-refractivity contribution is 5.70. The molecule has 3 rings (SSSR count). The normalized spacial score (nSPS) is 18.5. The molecule has 0 aromatic heterocycles. The maximum atomic E-state index is 11.1. The summed E-state index contributed by atoms with van der Waals surface area (Å²) in [4.78, 5) is 22.2. The van der Waals surface area contributed by atoms with E-state index in [1.54, 1.807) is 24.3 Å². The van der Waals surface area contributed by atoms with Gasteiger partial charge in [-0.3, -0.25) is 9.59 Å². The Kier molecular flexibility index (Phi) is 4.95. The van der Waals surface area contributed by atoms with E-state index < -0.39 is 12.1 Å². The lowest BCUT2D eigenvalue weighted by Crippen LogP contribution is -2.25. The van der Waals surface area contributed by atoms with Gasteiger partial charge in [-0.2, -0.15) is 0 Å². The van der Waals surface area contributed by atoms with Gasteiger partial charge in [0.25, 0.3) is 0 Å². The fourth-order valence-electron chi connectivity index (χ4n) is 3.16. The first-order valence-electron chi connectivity index (χ1n) is 8.27. The van der Waals surface area contributed by atoms with Crippen molar-refractivity contribution in [2.24, 2.45) is 0 Å². The van der Waals surface area contributed by atoms with Crippen molar-refractivity contribution in [1.29, 1.82) is 0 Å². The molecule has 6 heteroatoms. The Morgan fingerprint density at radius 2 is 1.65 bits per heavy atom. The zero-order valence-electron chi connectivity index (χ0n) is 14.8. The fourth-order valence-corrected chi connectivity index (χ4v) is 3.16. The van der Waals surface area contributed by atoms with E-state index in [2.05, 4.69) is 0 Å². The number of aliphatic hydroxyl groups is 1. The van der Waals surface area contributed by atoms with Gasteiger partial charge in [-0.25, -0.2) is 0 Å². The molecule has 0 saturated carbocycles. The zero-order chi connectivity index (χ0) is 18.8. The van der Waals surface area contributed by atoms with E-state index >= 15 is 0 Å². The average Bonchev–Trinajstić information content (AvgIpc) is 2.54. The minimum absolute atomic E-state index is 0.257. The second-order valence-electron chi connectivity index (χ2n) is 6.27. The molecule has 0 spiro atoms. The van der Waals surface area contributed by atoms with Gasteiger partial charge >= 0.3 is 11.9 Å². The van der Waals surface area contributed by atoms with Crippen LogP contribution in [0.2, 0.25) is 0 Å². The third-order valence-electron chi connectivity index (χ3n) is 4.25. The fraction of sp³-hybridized carbons (Fsp3) is 0.300. The number of fused-ring (bicyclic) bond motifs is 1. The Bertz CT molecular complexity index is 840. The Morgan fingerprint density at radius 3 is 2.27 bits per heavy atom. The van der Waals surface area contributed by atoms with Crippen LogP contribution in [-0.2, 0) is 9.59 Å². The molecule has 0 fully saturated rings. The van der Waals surface area contributed by atoms with Gasteiger partial charge in [0.15, 0.2) is 0 Å². The van der Waals surface area contributed by atoms with Crippen LogP contribution in [0.4, 0.5) is 0 Å². The van der Waals surface area contributed by atoms with Crippen LogP contribution in [-0.4, -0.2) is 23.7 Å². The molecule has 0 unspecified atom stereocenters. The lowest BCUT2D eigenvalue weighted by Gasteiger charge is -2.32. The molecule has 0 saturated heterocycles. The van der Waals surface area contributed by atoms with Crippen LogP contribution >= 0.6 is 0 Å². The quantitative estimate of drug-likeness (QED) is 0.672. The van der Waals surface area contributed by atoms with Gasteiger partial charge in [0.1, 0.15) is 17.2 Å². The number of esters is 2. The van der Waals surface area contributed by atoms with Crippen LogP contribution in [0.3, 0.4) is 0 Å². The van der Waals surface area contributed by atoms with Gasteiger partial charge < -0.3 is 19.3 Å². The van der Waals surface area contributed by atoms with Crippen molar-refractivity contribution in [3.63, 3.8) is 0 Å². The summed E-state index contributed by atoms with van der Waals surface area (Å²) < 4.78 is 16.0. The van der Waals surface area contributed by atoms with E-state index in [9.17, 15) is 14.7 Å². The first-order valence-corrected chi connectivity index (χ1v) is 8.27. The Hall–Kier alpha value is -2.86. The lowest BCUT2D eigenvalue weighted by molar-refractivity contribution is -0.132. The minimum atomic E-state index is -0.760. The standard InChI is InChI=1S/C20H20O6/c1-11-8-16(26-13(3)22)9-18-19(11)20(23)17(10-24-18)14-4-6-15(7-5-14)25-12(2)21/h4-9,17,20,23H,10H2,1-3H3/t17-,20+/m0/s1. The van der Waals surface area contributed by atoms with E-state index in [1.165, 1.54) is 13.8 Å². The van der Waals surface area contributed by atoms with Gasteiger partial charge in [-0.15, -0.1) is 0 Å². The summed E-state index contributed by atoms with van der Waals surface area (Å²) in [7, 11) is 0. The smallest absolute Gasteiger partial charge is 0.308 e. The van der Waals surface area contributed by atoms with Crippen molar-refractivity contribution >= 4 is 11.9 Å². The van der Waals surface area contributed by atoms with Crippen LogP contribution in [0.25, 0.3) is 0 Å². The van der Waals surface area contributed by atoms with Crippen LogP contribution in [0.5, 0.6) is 17.2 Å². The molecule has 0 amide bonds. The molecular formula is C20H20O6. The summed E-state index contributed by atoms with van der Waals surface area (Å²) in [6.45, 7) is 4.80. The first-order chi connectivity index (χ1) is 12.3. The van der Waals surface area contributed by atoms with Crippen molar-refractivity contribution in [2.75, 3.05) is 6.61 Å². The molecule has 1 heterocycles. The second kappa shape index (κ2) is 7.17. The Morgan fingerprint density at radius 1 is 1.04 bits per heavy atom. The molecule has 6 nitrogen and oxygen atoms in total. The van der Waals surface area contributed by atoms with E-state index in [0.29, 0.717) is 22.8 Å². The number of aliphatic hydroxyl groups excluding tert-OH is 1. The molecule has 26 heavy (non-hydrogen) atoms. The summed E-state index contributed by atoms with van der Waals surface area (Å²) in [5, 5.41) is 10.9. The van der Waals surface area contributed by atoms with Crippen molar-refractivity contribution < 1.29 is 28.9 Å². The number of rotatable bonds is 3. The number of hydrogen-bond donors (Lipinski definition) is 1. The summed E-state index contributed by atoms with van der Waals surface area (Å²) in [5.74, 6) is 0.312. The Labute approximate surface area is 151 Å². The molecule has 2 atom stereocenters. The zero-order valence-corrected chi connectivity index (χ0v) is 14.8. The van der Waals surface area contributed by atoms with Crippen LogP contribution in [0.15, 0.2) is 36.4 Å². The molecule has 2 aromatic rings. The highest BCUT2D eigenvalue weighted by Gasteiger charge is 2.32. The van der Waals surface area contributed by atoms with Crippen molar-refractivity contribution in [3.8, 4) is 17.2 Å². The largest absolute Gasteiger partial charge is 0.492 e. The minimum Gasteiger partial charge on any atom is -0.492 e. The van der Waals surface area contributed by atoms with Gasteiger partial charge in [0, 0.05) is 31.4 Å². The van der Waals surface area contributed by atoms with Gasteiger partial charge in [-0.05, 0) is 36.2 Å². The monoisotopic (exact) mass is 356 g/mol. The van der Waals surface area contributed by atoms with E-state index in [1.807, 2.05) is 19.1 Å². The van der Waals surface area contributed by atoms with E-state index in [-0.39, 0.29) is 18.5 Å². The molecule has 1 aliphatic heterocycles. The van der Waals surface area contributed by atoms with Crippen LogP contribution in [0, 0.1) is 6.92 Å². The van der Waals surface area contributed by atoms with Crippen molar-refractivity contribution in [1.82, 2.24) is 0 Å². The summed E-state index contributed by atoms with van der Waals surface area (Å²) >= 11 is 0. The molecule has 1 aliphatic rings. The number of aryl methyl sites for hydroxylation is 1. The molecule has 0 aliphatic carbocycles. The predicted octanol–water partition coefficient (Wildman–Crippen LogP) is 3.06. The molecule has 0 bridgehead atoms. The van der Waals surface area contributed by atoms with Gasteiger partial charge in [0.2, 0.25) is 0 Å². The summed E-state index contributed by atoms with van der Waals surface area (Å²) in [6.07, 6.45) is -0.760. The first kappa shape index (κ1) is 17.9. The third-order valence-corrected chi connectivity index (χ3v) is 4.25. The number of carbonyl (C=O) groups excluding carboxylic acids is 2. The lowest BCUT2D eigenvalue weighted by atomic mass is 9.85. The van der Waals surface area contributed by atoms with Crippen molar-refractivity contribution in [2.45, 2.75) is 32.8 Å².